The zero-order valence-electron chi connectivity index (χ0n) is 12.2. The average Bonchev–Trinajstić information content (AvgIpc) is 2.45. The summed E-state index contributed by atoms with van der Waals surface area (Å²) in [5.74, 6) is -1.31. The normalized spacial score (nSPS) is 12.3. The SMILES string of the molecule is CCCCC(O)COC(=O)/C=C/C(=O)OCCOCC. The highest BCUT2D eigenvalue weighted by atomic mass is 16.6. The van der Waals surface area contributed by atoms with Gasteiger partial charge in [0, 0.05) is 18.8 Å². The number of esters is 2. The highest BCUT2D eigenvalue weighted by molar-refractivity contribution is 5.91. The molecule has 0 spiro atoms. The Labute approximate surface area is 119 Å². The number of rotatable bonds is 11. The number of carbonyl (C=O) groups is 2. The van der Waals surface area contributed by atoms with Gasteiger partial charge in [-0.15, -0.1) is 0 Å². The summed E-state index contributed by atoms with van der Waals surface area (Å²) in [6, 6.07) is 0. The Bertz CT molecular complexity index is 300. The van der Waals surface area contributed by atoms with Crippen molar-refractivity contribution in [3.8, 4) is 0 Å². The van der Waals surface area contributed by atoms with Crippen LogP contribution in [0.3, 0.4) is 0 Å². The van der Waals surface area contributed by atoms with Crippen molar-refractivity contribution in [1.29, 1.82) is 0 Å². The molecule has 20 heavy (non-hydrogen) atoms. The molecule has 0 aromatic heterocycles. The van der Waals surface area contributed by atoms with Crippen LogP contribution < -0.4 is 0 Å². The van der Waals surface area contributed by atoms with E-state index in [0.717, 1.165) is 25.0 Å². The molecule has 6 heteroatoms. The van der Waals surface area contributed by atoms with Crippen LogP contribution in [0.5, 0.6) is 0 Å². The molecule has 1 unspecified atom stereocenters. The standard InChI is InChI=1S/C14H24O6/c1-3-5-6-12(15)11-20-14(17)8-7-13(16)19-10-9-18-4-2/h7-8,12,15H,3-6,9-11H2,1-2H3/b8-7+. The Morgan fingerprint density at radius 1 is 1.10 bits per heavy atom. The summed E-state index contributed by atoms with van der Waals surface area (Å²) >= 11 is 0. The first-order valence-corrected chi connectivity index (χ1v) is 6.87. The lowest BCUT2D eigenvalue weighted by Gasteiger charge is -2.09. The lowest BCUT2D eigenvalue weighted by atomic mass is 10.2. The zero-order chi connectivity index (χ0) is 15.2. The summed E-state index contributed by atoms with van der Waals surface area (Å²) in [6.07, 6.45) is 3.75. The predicted octanol–water partition coefficient (Wildman–Crippen LogP) is 1.22. The van der Waals surface area contributed by atoms with E-state index in [1.54, 1.807) is 0 Å². The first kappa shape index (κ1) is 18.6. The molecular formula is C14H24O6. The van der Waals surface area contributed by atoms with Gasteiger partial charge in [0.2, 0.25) is 0 Å². The van der Waals surface area contributed by atoms with Gasteiger partial charge in [0.25, 0.3) is 0 Å². The molecule has 116 valence electrons. The Morgan fingerprint density at radius 3 is 2.35 bits per heavy atom. The van der Waals surface area contributed by atoms with Crippen molar-refractivity contribution in [1.82, 2.24) is 0 Å². The molecule has 0 aromatic rings. The maximum atomic E-state index is 11.2. The molecule has 0 amide bonds. The van der Waals surface area contributed by atoms with E-state index in [4.69, 9.17) is 14.2 Å². The van der Waals surface area contributed by atoms with Crippen molar-refractivity contribution >= 4 is 11.9 Å². The molecule has 0 aliphatic heterocycles. The van der Waals surface area contributed by atoms with E-state index in [1.807, 2.05) is 13.8 Å². The number of hydrogen-bond acceptors (Lipinski definition) is 6. The summed E-state index contributed by atoms with van der Waals surface area (Å²) < 4.78 is 14.5. The first-order valence-electron chi connectivity index (χ1n) is 6.87. The van der Waals surface area contributed by atoms with Crippen LogP contribution in [0.2, 0.25) is 0 Å². The molecule has 1 N–H and O–H groups in total. The van der Waals surface area contributed by atoms with Crippen molar-refractivity contribution in [3.63, 3.8) is 0 Å². The van der Waals surface area contributed by atoms with E-state index in [9.17, 15) is 14.7 Å². The molecule has 0 heterocycles. The summed E-state index contributed by atoms with van der Waals surface area (Å²) in [4.78, 5) is 22.4. The van der Waals surface area contributed by atoms with Crippen molar-refractivity contribution < 1.29 is 28.9 Å². The Hall–Kier alpha value is -1.40. The van der Waals surface area contributed by atoms with Crippen LogP contribution in [-0.2, 0) is 23.8 Å². The second-order valence-electron chi connectivity index (χ2n) is 4.12. The molecule has 0 aromatic carbocycles. The molecule has 0 rings (SSSR count). The number of aliphatic hydroxyl groups is 1. The maximum Gasteiger partial charge on any atom is 0.331 e. The second-order valence-corrected chi connectivity index (χ2v) is 4.12. The lowest BCUT2D eigenvalue weighted by molar-refractivity contribution is -0.142. The van der Waals surface area contributed by atoms with Crippen LogP contribution >= 0.6 is 0 Å². The Morgan fingerprint density at radius 2 is 1.75 bits per heavy atom. The van der Waals surface area contributed by atoms with Crippen LogP contribution in [0.4, 0.5) is 0 Å². The fraction of sp³-hybridized carbons (Fsp3) is 0.714. The highest BCUT2D eigenvalue weighted by Crippen LogP contribution is 2.00. The number of aliphatic hydroxyl groups excluding tert-OH is 1. The van der Waals surface area contributed by atoms with Crippen LogP contribution in [0.15, 0.2) is 12.2 Å². The van der Waals surface area contributed by atoms with E-state index in [1.165, 1.54) is 0 Å². The highest BCUT2D eigenvalue weighted by Gasteiger charge is 2.07. The molecule has 0 radical (unpaired) electrons. The minimum atomic E-state index is -0.678. The van der Waals surface area contributed by atoms with Gasteiger partial charge in [-0.2, -0.15) is 0 Å². The summed E-state index contributed by atoms with van der Waals surface area (Å²) in [6.45, 7) is 4.81. The number of unbranched alkanes of at least 4 members (excludes halogenated alkanes) is 1. The number of hydrogen-bond donors (Lipinski definition) is 1. The van der Waals surface area contributed by atoms with Gasteiger partial charge < -0.3 is 19.3 Å². The van der Waals surface area contributed by atoms with Crippen molar-refractivity contribution in [3.05, 3.63) is 12.2 Å². The molecular weight excluding hydrogens is 264 g/mol. The Kier molecular flexibility index (Phi) is 11.7. The number of ether oxygens (including phenoxy) is 3. The molecule has 0 aliphatic carbocycles. The van der Waals surface area contributed by atoms with Gasteiger partial charge in [0.15, 0.2) is 0 Å². The molecule has 0 saturated carbocycles. The second kappa shape index (κ2) is 12.6. The van der Waals surface area contributed by atoms with Gasteiger partial charge in [0.1, 0.15) is 13.2 Å². The van der Waals surface area contributed by atoms with Gasteiger partial charge in [-0.3, -0.25) is 0 Å². The zero-order valence-corrected chi connectivity index (χ0v) is 12.2. The van der Waals surface area contributed by atoms with Crippen LogP contribution in [-0.4, -0.2) is 49.6 Å². The average molecular weight is 288 g/mol. The molecule has 0 aliphatic rings. The smallest absolute Gasteiger partial charge is 0.331 e. The summed E-state index contributed by atoms with van der Waals surface area (Å²) in [7, 11) is 0. The fourth-order valence-electron chi connectivity index (χ4n) is 1.28. The quantitative estimate of drug-likeness (QED) is 0.350. The van der Waals surface area contributed by atoms with Crippen molar-refractivity contribution in [2.75, 3.05) is 26.4 Å². The molecule has 1 atom stereocenters. The topological polar surface area (TPSA) is 82.1 Å². The third kappa shape index (κ3) is 11.7. The van der Waals surface area contributed by atoms with Gasteiger partial charge >= 0.3 is 11.9 Å². The fourth-order valence-corrected chi connectivity index (χ4v) is 1.28. The van der Waals surface area contributed by atoms with Crippen LogP contribution in [0.1, 0.15) is 33.1 Å². The lowest BCUT2D eigenvalue weighted by Crippen LogP contribution is -2.17. The molecule has 6 nitrogen and oxygen atoms in total. The molecule has 0 bridgehead atoms. The largest absolute Gasteiger partial charge is 0.460 e. The van der Waals surface area contributed by atoms with Crippen molar-refractivity contribution in [2.24, 2.45) is 0 Å². The Balaban J connectivity index is 3.72. The minimum absolute atomic E-state index is 0.0669. The van der Waals surface area contributed by atoms with Crippen LogP contribution in [0.25, 0.3) is 0 Å². The van der Waals surface area contributed by atoms with Gasteiger partial charge in [-0.05, 0) is 13.3 Å². The van der Waals surface area contributed by atoms with E-state index in [0.29, 0.717) is 19.6 Å². The van der Waals surface area contributed by atoms with Gasteiger partial charge in [-0.25, -0.2) is 9.59 Å². The predicted molar refractivity (Wildman–Crippen MR) is 73.1 cm³/mol. The van der Waals surface area contributed by atoms with E-state index in [2.05, 4.69) is 0 Å². The van der Waals surface area contributed by atoms with E-state index >= 15 is 0 Å². The van der Waals surface area contributed by atoms with E-state index < -0.39 is 18.0 Å². The van der Waals surface area contributed by atoms with E-state index in [-0.39, 0.29) is 13.2 Å². The van der Waals surface area contributed by atoms with Gasteiger partial charge in [0.05, 0.1) is 12.7 Å². The summed E-state index contributed by atoms with van der Waals surface area (Å²) in [5.41, 5.74) is 0. The van der Waals surface area contributed by atoms with Gasteiger partial charge in [-0.1, -0.05) is 19.8 Å². The monoisotopic (exact) mass is 288 g/mol. The molecule has 0 fully saturated rings. The first-order chi connectivity index (χ1) is 9.60. The number of carbonyl (C=O) groups excluding carboxylic acids is 2. The maximum absolute atomic E-state index is 11.2. The van der Waals surface area contributed by atoms with Crippen molar-refractivity contribution in [2.45, 2.75) is 39.2 Å². The van der Waals surface area contributed by atoms with Crippen LogP contribution in [0, 0.1) is 0 Å². The third-order valence-corrected chi connectivity index (χ3v) is 2.34. The summed E-state index contributed by atoms with van der Waals surface area (Å²) in [5, 5.41) is 9.47. The minimum Gasteiger partial charge on any atom is -0.460 e. The molecule has 0 saturated heterocycles. The third-order valence-electron chi connectivity index (χ3n) is 2.34.